The molecule has 172 valence electrons. The minimum atomic E-state index is -3.78. The maximum atomic E-state index is 11.8. The molecule has 1 aromatic heterocycles. The predicted molar refractivity (Wildman–Crippen MR) is 123 cm³/mol. The van der Waals surface area contributed by atoms with Crippen LogP contribution in [0.15, 0.2) is 47.4 Å². The summed E-state index contributed by atoms with van der Waals surface area (Å²) in [5.74, 6) is 2.45. The minimum absolute atomic E-state index is 0.0766. The number of hydrogen-bond acceptors (Lipinski definition) is 6. The van der Waals surface area contributed by atoms with E-state index in [0.29, 0.717) is 25.2 Å². The van der Waals surface area contributed by atoms with Gasteiger partial charge in [-0.3, -0.25) is 4.90 Å². The van der Waals surface area contributed by atoms with E-state index in [0.717, 1.165) is 48.8 Å². The highest BCUT2D eigenvalue weighted by molar-refractivity contribution is 7.89. The van der Waals surface area contributed by atoms with Crippen molar-refractivity contribution in [2.24, 2.45) is 5.14 Å². The number of primary sulfonamides is 1. The van der Waals surface area contributed by atoms with Gasteiger partial charge in [0.15, 0.2) is 11.5 Å². The van der Waals surface area contributed by atoms with Gasteiger partial charge in [-0.05, 0) is 43.3 Å². The van der Waals surface area contributed by atoms with Crippen molar-refractivity contribution in [3.05, 3.63) is 48.3 Å². The Hall–Kier alpha value is -2.62. The highest BCUT2D eigenvalue weighted by Crippen LogP contribution is 2.31. The topological polar surface area (TPSA) is 99.7 Å². The Bertz CT molecular complexity index is 1190. The van der Waals surface area contributed by atoms with Crippen LogP contribution in [0, 0.1) is 0 Å². The van der Waals surface area contributed by atoms with Crippen LogP contribution in [0.4, 0.5) is 0 Å². The molecule has 0 saturated heterocycles. The van der Waals surface area contributed by atoms with Crippen molar-refractivity contribution in [3.8, 4) is 11.5 Å². The summed E-state index contributed by atoms with van der Waals surface area (Å²) in [5.41, 5.74) is 1.56. The van der Waals surface area contributed by atoms with Crippen LogP contribution in [0.2, 0.25) is 0 Å². The number of nitrogens with two attached hydrogens (primary N) is 1. The zero-order chi connectivity index (χ0) is 22.7. The number of benzene rings is 2. The molecule has 1 atom stereocenters. The smallest absolute Gasteiger partial charge is 0.238 e. The van der Waals surface area contributed by atoms with Crippen LogP contribution in [0.1, 0.15) is 32.5 Å². The van der Waals surface area contributed by atoms with E-state index >= 15 is 0 Å². The summed E-state index contributed by atoms with van der Waals surface area (Å²) in [5, 5.41) is 5.32. The van der Waals surface area contributed by atoms with Crippen molar-refractivity contribution in [2.45, 2.75) is 50.8 Å². The molecule has 0 spiro atoms. The molecular weight excluding hydrogens is 428 g/mol. The van der Waals surface area contributed by atoms with E-state index in [9.17, 15) is 8.42 Å². The quantitative estimate of drug-likeness (QED) is 0.529. The summed E-state index contributed by atoms with van der Waals surface area (Å²) in [4.78, 5) is 7.13. The first kappa shape index (κ1) is 22.6. The number of para-hydroxylation sites is 2. The molecule has 0 saturated carbocycles. The number of ether oxygens (including phenoxy) is 2. The summed E-state index contributed by atoms with van der Waals surface area (Å²) in [6.45, 7) is 7.72. The van der Waals surface area contributed by atoms with Gasteiger partial charge in [0.25, 0.3) is 0 Å². The summed E-state index contributed by atoms with van der Waals surface area (Å²) in [6.07, 6.45) is 1.99. The van der Waals surface area contributed by atoms with E-state index in [4.69, 9.17) is 19.6 Å². The molecule has 0 bridgehead atoms. The van der Waals surface area contributed by atoms with Gasteiger partial charge in [0.05, 0.1) is 22.5 Å². The second-order valence-electron chi connectivity index (χ2n) is 8.05. The summed E-state index contributed by atoms with van der Waals surface area (Å²) in [7, 11) is -3.78. The fourth-order valence-electron chi connectivity index (χ4n) is 3.97. The molecule has 2 N–H and O–H groups in total. The molecule has 0 aliphatic carbocycles. The first-order valence-electron chi connectivity index (χ1n) is 11.0. The van der Waals surface area contributed by atoms with Crippen LogP contribution in [0.25, 0.3) is 11.0 Å². The lowest BCUT2D eigenvalue weighted by Crippen LogP contribution is -2.41. The van der Waals surface area contributed by atoms with Crippen LogP contribution in [-0.4, -0.2) is 48.7 Å². The summed E-state index contributed by atoms with van der Waals surface area (Å²) in [6, 6.07) is 12.6. The third-order valence-electron chi connectivity index (χ3n) is 5.70. The van der Waals surface area contributed by atoms with Gasteiger partial charge in [-0.25, -0.2) is 18.5 Å². The molecule has 0 amide bonds. The van der Waals surface area contributed by atoms with Gasteiger partial charge in [-0.1, -0.05) is 32.4 Å². The van der Waals surface area contributed by atoms with Gasteiger partial charge in [-0.2, -0.15) is 0 Å². The largest absolute Gasteiger partial charge is 0.486 e. The van der Waals surface area contributed by atoms with Crippen LogP contribution < -0.4 is 14.6 Å². The van der Waals surface area contributed by atoms with E-state index in [-0.39, 0.29) is 11.0 Å². The second kappa shape index (κ2) is 9.48. The third kappa shape index (κ3) is 4.90. The van der Waals surface area contributed by atoms with Crippen molar-refractivity contribution in [1.82, 2.24) is 14.5 Å². The highest BCUT2D eigenvalue weighted by atomic mass is 32.2. The van der Waals surface area contributed by atoms with Crippen molar-refractivity contribution in [1.29, 1.82) is 0 Å². The molecule has 0 unspecified atom stereocenters. The van der Waals surface area contributed by atoms with Crippen molar-refractivity contribution >= 4 is 21.1 Å². The molecule has 0 radical (unpaired) electrons. The predicted octanol–water partition coefficient (Wildman–Crippen LogP) is 3.15. The molecule has 1 aliphatic heterocycles. The van der Waals surface area contributed by atoms with Crippen molar-refractivity contribution in [2.75, 3.05) is 19.7 Å². The number of unbranched alkanes of at least 4 members (excludes halogenated alkanes) is 1. The Labute approximate surface area is 189 Å². The first-order valence-corrected chi connectivity index (χ1v) is 12.6. The van der Waals surface area contributed by atoms with E-state index in [2.05, 4.69) is 23.3 Å². The Balaban J connectivity index is 1.57. The number of imidazole rings is 1. The zero-order valence-corrected chi connectivity index (χ0v) is 19.3. The average molecular weight is 459 g/mol. The van der Waals surface area contributed by atoms with Gasteiger partial charge in [0, 0.05) is 13.1 Å². The van der Waals surface area contributed by atoms with Gasteiger partial charge in [-0.15, -0.1) is 0 Å². The minimum Gasteiger partial charge on any atom is -0.486 e. The molecule has 32 heavy (non-hydrogen) atoms. The number of nitrogens with zero attached hydrogens (tertiary/aromatic N) is 3. The SMILES string of the molecule is CCCCn1c(CN(CC)C[C@@H]2COc3ccccc3O2)nc2cc(S(N)(=O)=O)ccc21. The molecule has 1 aliphatic rings. The summed E-state index contributed by atoms with van der Waals surface area (Å²) < 4.78 is 37.7. The molecule has 9 heteroatoms. The fourth-order valence-corrected chi connectivity index (χ4v) is 4.50. The first-order chi connectivity index (χ1) is 15.4. The lowest BCUT2D eigenvalue weighted by molar-refractivity contribution is 0.0571. The van der Waals surface area contributed by atoms with Gasteiger partial charge < -0.3 is 14.0 Å². The lowest BCUT2D eigenvalue weighted by Gasteiger charge is -2.30. The molecule has 2 heterocycles. The van der Waals surface area contributed by atoms with E-state index in [1.165, 1.54) is 0 Å². The number of rotatable bonds is 9. The normalized spacial score (nSPS) is 16.1. The molecule has 3 aromatic rings. The standard InChI is InChI=1S/C23H30N4O4S/c1-3-5-12-27-20-11-10-18(32(24,28)29)13-19(20)25-23(27)15-26(4-2)14-17-16-30-21-8-6-7-9-22(21)31-17/h6-11,13,17H,3-5,12,14-16H2,1-2H3,(H2,24,28,29)/t17-/m1/s1. The Morgan fingerprint density at radius 1 is 1.19 bits per heavy atom. The van der Waals surface area contributed by atoms with Crippen LogP contribution in [-0.2, 0) is 23.1 Å². The van der Waals surface area contributed by atoms with E-state index < -0.39 is 10.0 Å². The zero-order valence-electron chi connectivity index (χ0n) is 18.5. The molecular formula is C23H30N4O4S. The van der Waals surface area contributed by atoms with Crippen molar-refractivity contribution in [3.63, 3.8) is 0 Å². The third-order valence-corrected chi connectivity index (χ3v) is 6.62. The monoisotopic (exact) mass is 458 g/mol. The van der Waals surface area contributed by atoms with Gasteiger partial charge in [0.1, 0.15) is 18.5 Å². The highest BCUT2D eigenvalue weighted by Gasteiger charge is 2.24. The maximum absolute atomic E-state index is 11.8. The molecule has 8 nitrogen and oxygen atoms in total. The maximum Gasteiger partial charge on any atom is 0.238 e. The number of hydrogen-bond donors (Lipinski definition) is 1. The average Bonchev–Trinajstić information content (AvgIpc) is 3.12. The Morgan fingerprint density at radius 2 is 1.97 bits per heavy atom. The number of aromatic nitrogens is 2. The van der Waals surface area contributed by atoms with Gasteiger partial charge in [0.2, 0.25) is 10.0 Å². The molecule has 0 fully saturated rings. The Morgan fingerprint density at radius 3 is 2.69 bits per heavy atom. The number of fused-ring (bicyclic) bond motifs is 2. The van der Waals surface area contributed by atoms with Crippen molar-refractivity contribution < 1.29 is 17.9 Å². The van der Waals surface area contributed by atoms with E-state index in [1.807, 2.05) is 24.3 Å². The molecule has 2 aromatic carbocycles. The van der Waals surface area contributed by atoms with Crippen LogP contribution >= 0.6 is 0 Å². The molecule has 4 rings (SSSR count). The second-order valence-corrected chi connectivity index (χ2v) is 9.62. The Kier molecular flexibility index (Phi) is 6.68. The number of aryl methyl sites for hydroxylation is 1. The summed E-state index contributed by atoms with van der Waals surface area (Å²) >= 11 is 0. The number of sulfonamides is 1. The van der Waals surface area contributed by atoms with E-state index in [1.54, 1.807) is 18.2 Å². The van der Waals surface area contributed by atoms with Crippen LogP contribution in [0.3, 0.4) is 0 Å². The lowest BCUT2D eigenvalue weighted by atomic mass is 10.2. The van der Waals surface area contributed by atoms with Gasteiger partial charge >= 0.3 is 0 Å². The fraction of sp³-hybridized carbons (Fsp3) is 0.435. The number of likely N-dealkylation sites (N-methyl/N-ethyl adjacent to an activating group) is 1. The van der Waals surface area contributed by atoms with Crippen LogP contribution in [0.5, 0.6) is 11.5 Å².